The highest BCUT2D eigenvalue weighted by Crippen LogP contribution is 2.23. The molecule has 0 aliphatic carbocycles. The number of benzene rings is 1. The van der Waals surface area contributed by atoms with Gasteiger partial charge in [-0.05, 0) is 31.1 Å². The Morgan fingerprint density at radius 2 is 2.06 bits per heavy atom. The molecule has 0 saturated heterocycles. The summed E-state index contributed by atoms with van der Waals surface area (Å²) in [4.78, 5) is -0.222. The summed E-state index contributed by atoms with van der Waals surface area (Å²) in [6.45, 7) is 2.09. The number of para-hydroxylation sites is 1. The molecule has 1 aromatic rings. The van der Waals surface area contributed by atoms with Crippen molar-refractivity contribution in [2.75, 3.05) is 0 Å². The fraction of sp³-hybridized carbons (Fsp3) is 0.333. The van der Waals surface area contributed by atoms with E-state index in [0.29, 0.717) is 0 Å². The third-order valence-electron chi connectivity index (χ3n) is 2.14. The summed E-state index contributed by atoms with van der Waals surface area (Å²) in [6, 6.07) is 5.96. The molecule has 0 unspecified atom stereocenters. The lowest BCUT2D eigenvalue weighted by molar-refractivity contribution is 0.447. The van der Waals surface area contributed by atoms with Crippen molar-refractivity contribution in [1.29, 1.82) is 0 Å². The molecular weight excluding hydrogens is 240 g/mol. The van der Waals surface area contributed by atoms with Crippen LogP contribution in [0.25, 0.3) is 0 Å². The largest absolute Gasteiger partial charge is 0.464 e. The first kappa shape index (κ1) is 13.7. The number of hydrogen-bond acceptors (Lipinski definition) is 3. The van der Waals surface area contributed by atoms with Crippen LogP contribution < -0.4 is 4.74 Å². The van der Waals surface area contributed by atoms with E-state index < -0.39 is 10.1 Å². The Kier molecular flexibility index (Phi) is 5.18. The van der Waals surface area contributed by atoms with Crippen molar-refractivity contribution < 1.29 is 17.7 Å². The average molecular weight is 256 g/mol. The molecule has 0 amide bonds. The third kappa shape index (κ3) is 4.58. The molecule has 1 rings (SSSR count). The highest BCUT2D eigenvalue weighted by atomic mass is 32.2. The van der Waals surface area contributed by atoms with Gasteiger partial charge in [-0.2, -0.15) is 8.42 Å². The summed E-state index contributed by atoms with van der Waals surface area (Å²) in [5.74, 6) is 0.128. The summed E-state index contributed by atoms with van der Waals surface area (Å²) in [5.41, 5.74) is 0. The Morgan fingerprint density at radius 1 is 1.35 bits per heavy atom. The molecule has 4 nitrogen and oxygen atoms in total. The molecule has 1 aromatic carbocycles. The lowest BCUT2D eigenvalue weighted by Gasteiger charge is -2.04. The average Bonchev–Trinajstić information content (AvgIpc) is 2.28. The Balaban J connectivity index is 2.75. The normalized spacial score (nSPS) is 11.9. The van der Waals surface area contributed by atoms with Crippen LogP contribution in [0, 0.1) is 0 Å². The van der Waals surface area contributed by atoms with Crippen LogP contribution >= 0.6 is 0 Å². The monoisotopic (exact) mass is 256 g/mol. The van der Waals surface area contributed by atoms with E-state index in [1.165, 1.54) is 24.5 Å². The van der Waals surface area contributed by atoms with Crippen LogP contribution in [0.5, 0.6) is 5.75 Å². The van der Waals surface area contributed by atoms with Gasteiger partial charge in [0.25, 0.3) is 10.1 Å². The molecule has 0 aromatic heterocycles. The highest BCUT2D eigenvalue weighted by Gasteiger charge is 2.14. The summed E-state index contributed by atoms with van der Waals surface area (Å²) in [7, 11) is -4.24. The summed E-state index contributed by atoms with van der Waals surface area (Å²) in [6.07, 6.45) is 6.29. The molecule has 0 radical (unpaired) electrons. The summed E-state index contributed by atoms with van der Waals surface area (Å²) in [5, 5.41) is 0. The van der Waals surface area contributed by atoms with Crippen molar-refractivity contribution in [2.24, 2.45) is 0 Å². The van der Waals surface area contributed by atoms with Crippen molar-refractivity contribution in [3.8, 4) is 5.75 Å². The first-order chi connectivity index (χ1) is 8.05. The van der Waals surface area contributed by atoms with Crippen LogP contribution in [0.4, 0.5) is 0 Å². The maximum absolute atomic E-state index is 11.0. The standard InChI is InChI=1S/C12H16O4S/c1-2-3-4-7-10-16-11-8-5-6-9-12(11)17(13,14)15/h5-10H,2-4H2,1H3,(H,13,14,15). The van der Waals surface area contributed by atoms with Gasteiger partial charge in [-0.3, -0.25) is 4.55 Å². The van der Waals surface area contributed by atoms with E-state index in [-0.39, 0.29) is 10.6 Å². The first-order valence-electron chi connectivity index (χ1n) is 5.44. The van der Waals surface area contributed by atoms with Crippen LogP contribution in [-0.2, 0) is 10.1 Å². The van der Waals surface area contributed by atoms with Crippen LogP contribution in [0.2, 0.25) is 0 Å². The molecule has 0 aliphatic rings. The lowest BCUT2D eigenvalue weighted by atomic mass is 10.2. The van der Waals surface area contributed by atoms with E-state index >= 15 is 0 Å². The zero-order valence-corrected chi connectivity index (χ0v) is 10.5. The van der Waals surface area contributed by atoms with Gasteiger partial charge in [0.05, 0.1) is 6.26 Å². The molecule has 0 bridgehead atoms. The van der Waals surface area contributed by atoms with Crippen molar-refractivity contribution >= 4 is 10.1 Å². The smallest absolute Gasteiger partial charge is 0.298 e. The van der Waals surface area contributed by atoms with Crippen molar-refractivity contribution in [3.63, 3.8) is 0 Å². The predicted octanol–water partition coefficient (Wildman–Crippen LogP) is 3.02. The van der Waals surface area contributed by atoms with Crippen LogP contribution in [0.15, 0.2) is 41.5 Å². The van der Waals surface area contributed by atoms with E-state index in [9.17, 15) is 8.42 Å². The number of allylic oxidation sites excluding steroid dienone is 1. The second-order valence-corrected chi connectivity index (χ2v) is 4.94. The Hall–Kier alpha value is -1.33. The van der Waals surface area contributed by atoms with E-state index in [1.54, 1.807) is 6.07 Å². The van der Waals surface area contributed by atoms with Gasteiger partial charge in [0.1, 0.15) is 10.6 Å². The minimum absolute atomic E-state index is 0.128. The van der Waals surface area contributed by atoms with Crippen LogP contribution in [-0.4, -0.2) is 13.0 Å². The maximum atomic E-state index is 11.0. The summed E-state index contributed by atoms with van der Waals surface area (Å²) >= 11 is 0. The molecular formula is C12H16O4S. The van der Waals surface area contributed by atoms with Crippen molar-refractivity contribution in [1.82, 2.24) is 0 Å². The van der Waals surface area contributed by atoms with Gasteiger partial charge in [0.15, 0.2) is 0 Å². The molecule has 0 spiro atoms. The minimum Gasteiger partial charge on any atom is -0.464 e. The quantitative estimate of drug-likeness (QED) is 0.483. The molecule has 0 aliphatic heterocycles. The molecule has 5 heteroatoms. The number of rotatable bonds is 6. The molecule has 1 N–H and O–H groups in total. The summed E-state index contributed by atoms with van der Waals surface area (Å²) < 4.78 is 36.2. The molecule has 0 saturated carbocycles. The predicted molar refractivity (Wildman–Crippen MR) is 65.5 cm³/mol. The fourth-order valence-corrected chi connectivity index (χ4v) is 1.89. The topological polar surface area (TPSA) is 63.6 Å². The second kappa shape index (κ2) is 6.42. The van der Waals surface area contributed by atoms with Crippen molar-refractivity contribution in [2.45, 2.75) is 31.1 Å². The highest BCUT2D eigenvalue weighted by molar-refractivity contribution is 7.86. The van der Waals surface area contributed by atoms with Gasteiger partial charge in [-0.1, -0.05) is 25.5 Å². The van der Waals surface area contributed by atoms with E-state index in [4.69, 9.17) is 9.29 Å². The SMILES string of the molecule is CCCCC=COc1ccccc1S(=O)(=O)O. The fourth-order valence-electron chi connectivity index (χ4n) is 1.27. The molecule has 17 heavy (non-hydrogen) atoms. The zero-order chi connectivity index (χ0) is 12.7. The lowest BCUT2D eigenvalue weighted by Crippen LogP contribution is -2.00. The molecule has 0 fully saturated rings. The Morgan fingerprint density at radius 3 is 2.71 bits per heavy atom. The third-order valence-corrected chi connectivity index (χ3v) is 3.04. The van der Waals surface area contributed by atoms with Gasteiger partial charge in [-0.25, -0.2) is 0 Å². The number of hydrogen-bond donors (Lipinski definition) is 1. The van der Waals surface area contributed by atoms with Gasteiger partial charge >= 0.3 is 0 Å². The van der Waals surface area contributed by atoms with E-state index in [0.717, 1.165) is 19.3 Å². The van der Waals surface area contributed by atoms with Crippen LogP contribution in [0.3, 0.4) is 0 Å². The first-order valence-corrected chi connectivity index (χ1v) is 6.88. The van der Waals surface area contributed by atoms with E-state index in [1.807, 2.05) is 6.08 Å². The Labute approximate surface area is 102 Å². The number of ether oxygens (including phenoxy) is 1. The molecule has 0 atom stereocenters. The van der Waals surface area contributed by atoms with Gasteiger partial charge < -0.3 is 4.74 Å². The van der Waals surface area contributed by atoms with Crippen molar-refractivity contribution in [3.05, 3.63) is 36.6 Å². The van der Waals surface area contributed by atoms with Gasteiger partial charge in [0.2, 0.25) is 0 Å². The van der Waals surface area contributed by atoms with Gasteiger partial charge in [-0.15, -0.1) is 0 Å². The van der Waals surface area contributed by atoms with E-state index in [2.05, 4.69) is 6.92 Å². The molecule has 0 heterocycles. The van der Waals surface area contributed by atoms with Crippen LogP contribution in [0.1, 0.15) is 26.2 Å². The number of unbranched alkanes of at least 4 members (excludes halogenated alkanes) is 2. The molecule has 94 valence electrons. The maximum Gasteiger partial charge on any atom is 0.298 e. The minimum atomic E-state index is -4.24. The second-order valence-electron chi connectivity index (χ2n) is 3.55. The Bertz CT molecular complexity index is 477. The zero-order valence-electron chi connectivity index (χ0n) is 9.67. The van der Waals surface area contributed by atoms with Gasteiger partial charge in [0, 0.05) is 0 Å².